The Morgan fingerprint density at radius 1 is 1.17 bits per heavy atom. The van der Waals surface area contributed by atoms with Crippen molar-refractivity contribution in [3.63, 3.8) is 0 Å². The molecule has 1 amide bonds. The first-order valence-corrected chi connectivity index (χ1v) is 7.77. The molecular formula is C18H22ClN3O. The van der Waals surface area contributed by atoms with Crippen molar-refractivity contribution in [2.75, 3.05) is 13.1 Å². The molecule has 3 rings (SSSR count). The van der Waals surface area contributed by atoms with Gasteiger partial charge in [0.2, 0.25) is 0 Å². The lowest BCUT2D eigenvalue weighted by atomic mass is 9.89. The Labute approximate surface area is 143 Å². The molecule has 1 fully saturated rings. The maximum absolute atomic E-state index is 12.6. The lowest BCUT2D eigenvalue weighted by Crippen LogP contribution is -2.38. The quantitative estimate of drug-likeness (QED) is 0.940. The van der Waals surface area contributed by atoms with Gasteiger partial charge in [-0.15, -0.1) is 12.4 Å². The molecule has 1 aliphatic heterocycles. The fraction of sp³-hybridized carbons (Fsp3) is 0.333. The number of hydrogen-bond acceptors (Lipinski definition) is 3. The number of amides is 1. The Morgan fingerprint density at radius 3 is 2.52 bits per heavy atom. The lowest BCUT2D eigenvalue weighted by Gasteiger charge is -2.32. The van der Waals surface area contributed by atoms with Crippen LogP contribution in [0.25, 0.3) is 0 Å². The molecule has 122 valence electrons. The summed E-state index contributed by atoms with van der Waals surface area (Å²) >= 11 is 0. The molecule has 23 heavy (non-hydrogen) atoms. The molecule has 1 aliphatic rings. The van der Waals surface area contributed by atoms with Crippen LogP contribution in [-0.4, -0.2) is 28.9 Å². The molecular weight excluding hydrogens is 310 g/mol. The normalized spacial score (nSPS) is 15.1. The predicted octanol–water partition coefficient (Wildman–Crippen LogP) is 2.98. The number of pyridine rings is 1. The summed E-state index contributed by atoms with van der Waals surface area (Å²) in [6.07, 6.45) is 3.70. The second kappa shape index (κ2) is 8.09. The van der Waals surface area contributed by atoms with E-state index in [0.717, 1.165) is 31.6 Å². The highest BCUT2D eigenvalue weighted by Crippen LogP contribution is 2.28. The SMILES string of the molecule is Cl.NCc1cc(C(=O)N2CCC(c3ccccc3)CC2)ccn1. The number of piperidine rings is 1. The van der Waals surface area contributed by atoms with E-state index >= 15 is 0 Å². The van der Waals surface area contributed by atoms with Gasteiger partial charge in [0.1, 0.15) is 0 Å². The molecule has 0 atom stereocenters. The number of halogens is 1. The van der Waals surface area contributed by atoms with Gasteiger partial charge in [-0.2, -0.15) is 0 Å². The van der Waals surface area contributed by atoms with Crippen molar-refractivity contribution < 1.29 is 4.79 Å². The van der Waals surface area contributed by atoms with Gasteiger partial charge in [-0.3, -0.25) is 9.78 Å². The van der Waals surface area contributed by atoms with Crippen molar-refractivity contribution >= 4 is 18.3 Å². The molecule has 1 aromatic heterocycles. The third-order valence-electron chi connectivity index (χ3n) is 4.33. The van der Waals surface area contributed by atoms with Crippen molar-refractivity contribution in [1.82, 2.24) is 9.88 Å². The minimum Gasteiger partial charge on any atom is -0.339 e. The van der Waals surface area contributed by atoms with Crippen LogP contribution in [0.5, 0.6) is 0 Å². The van der Waals surface area contributed by atoms with E-state index in [4.69, 9.17) is 5.73 Å². The Balaban J connectivity index is 0.00000192. The smallest absolute Gasteiger partial charge is 0.253 e. The highest BCUT2D eigenvalue weighted by molar-refractivity contribution is 5.94. The summed E-state index contributed by atoms with van der Waals surface area (Å²) in [6, 6.07) is 14.1. The van der Waals surface area contributed by atoms with Crippen LogP contribution >= 0.6 is 12.4 Å². The number of benzene rings is 1. The topological polar surface area (TPSA) is 59.2 Å². The standard InChI is InChI=1S/C18H21N3O.ClH/c19-13-17-12-16(6-9-20-17)18(22)21-10-7-15(8-11-21)14-4-2-1-3-5-14;/h1-6,9,12,15H,7-8,10-11,13,19H2;1H. The Bertz CT molecular complexity index is 640. The van der Waals surface area contributed by atoms with Crippen molar-refractivity contribution in [2.24, 2.45) is 5.73 Å². The number of carbonyl (C=O) groups excluding carboxylic acids is 1. The van der Waals surface area contributed by atoms with Crippen molar-refractivity contribution in [1.29, 1.82) is 0 Å². The van der Waals surface area contributed by atoms with Crippen LogP contribution in [0.15, 0.2) is 48.7 Å². The molecule has 1 aromatic carbocycles. The largest absolute Gasteiger partial charge is 0.339 e. The zero-order chi connectivity index (χ0) is 15.4. The lowest BCUT2D eigenvalue weighted by molar-refractivity contribution is 0.0712. The van der Waals surface area contributed by atoms with Gasteiger partial charge in [0.05, 0.1) is 5.69 Å². The first-order valence-electron chi connectivity index (χ1n) is 7.77. The molecule has 4 nitrogen and oxygen atoms in total. The molecule has 0 aliphatic carbocycles. The van der Waals surface area contributed by atoms with Crippen LogP contribution in [0.3, 0.4) is 0 Å². The Hall–Kier alpha value is -1.91. The van der Waals surface area contributed by atoms with E-state index in [1.54, 1.807) is 18.3 Å². The molecule has 0 spiro atoms. The molecule has 0 saturated carbocycles. The van der Waals surface area contributed by atoms with Crippen LogP contribution in [0.1, 0.15) is 40.4 Å². The van der Waals surface area contributed by atoms with Gasteiger partial charge in [-0.05, 0) is 36.5 Å². The van der Waals surface area contributed by atoms with Gasteiger partial charge in [0.15, 0.2) is 0 Å². The summed E-state index contributed by atoms with van der Waals surface area (Å²) in [5.41, 5.74) is 8.41. The maximum atomic E-state index is 12.6. The van der Waals surface area contributed by atoms with E-state index in [-0.39, 0.29) is 18.3 Å². The molecule has 2 N–H and O–H groups in total. The highest BCUT2D eigenvalue weighted by atomic mass is 35.5. The van der Waals surface area contributed by atoms with E-state index in [2.05, 4.69) is 29.2 Å². The van der Waals surface area contributed by atoms with Crippen LogP contribution < -0.4 is 5.73 Å². The number of aromatic nitrogens is 1. The van der Waals surface area contributed by atoms with Crippen LogP contribution in [0, 0.1) is 0 Å². The average Bonchev–Trinajstić information content (AvgIpc) is 2.62. The van der Waals surface area contributed by atoms with Crippen molar-refractivity contribution in [3.8, 4) is 0 Å². The fourth-order valence-electron chi connectivity index (χ4n) is 3.05. The predicted molar refractivity (Wildman–Crippen MR) is 93.7 cm³/mol. The van der Waals surface area contributed by atoms with E-state index in [1.807, 2.05) is 11.0 Å². The second-order valence-corrected chi connectivity index (χ2v) is 5.72. The van der Waals surface area contributed by atoms with Crippen LogP contribution in [-0.2, 0) is 6.54 Å². The van der Waals surface area contributed by atoms with Gasteiger partial charge in [-0.25, -0.2) is 0 Å². The number of likely N-dealkylation sites (tertiary alicyclic amines) is 1. The third kappa shape index (κ3) is 4.09. The summed E-state index contributed by atoms with van der Waals surface area (Å²) < 4.78 is 0. The minimum atomic E-state index is 0. The maximum Gasteiger partial charge on any atom is 0.253 e. The van der Waals surface area contributed by atoms with E-state index < -0.39 is 0 Å². The van der Waals surface area contributed by atoms with Crippen LogP contribution in [0.4, 0.5) is 0 Å². The molecule has 0 bridgehead atoms. The zero-order valence-electron chi connectivity index (χ0n) is 13.0. The average molecular weight is 332 g/mol. The molecule has 2 heterocycles. The monoisotopic (exact) mass is 331 g/mol. The second-order valence-electron chi connectivity index (χ2n) is 5.72. The first-order chi connectivity index (χ1) is 10.8. The Morgan fingerprint density at radius 2 is 1.87 bits per heavy atom. The van der Waals surface area contributed by atoms with Crippen LogP contribution in [0.2, 0.25) is 0 Å². The summed E-state index contributed by atoms with van der Waals surface area (Å²) in [6.45, 7) is 1.97. The van der Waals surface area contributed by atoms with Gasteiger partial charge in [0, 0.05) is 31.4 Å². The summed E-state index contributed by atoms with van der Waals surface area (Å²) in [5.74, 6) is 0.644. The van der Waals surface area contributed by atoms with Crippen molar-refractivity contribution in [2.45, 2.75) is 25.3 Å². The molecule has 0 unspecified atom stereocenters. The fourth-order valence-corrected chi connectivity index (χ4v) is 3.05. The third-order valence-corrected chi connectivity index (χ3v) is 4.33. The number of nitrogens with two attached hydrogens (primary N) is 1. The van der Waals surface area contributed by atoms with E-state index in [0.29, 0.717) is 18.0 Å². The van der Waals surface area contributed by atoms with E-state index in [9.17, 15) is 4.79 Å². The summed E-state index contributed by atoms with van der Waals surface area (Å²) in [4.78, 5) is 18.6. The molecule has 2 aromatic rings. The van der Waals surface area contributed by atoms with E-state index in [1.165, 1.54) is 5.56 Å². The molecule has 5 heteroatoms. The summed E-state index contributed by atoms with van der Waals surface area (Å²) in [5, 5.41) is 0. The van der Waals surface area contributed by atoms with Gasteiger partial charge in [-0.1, -0.05) is 30.3 Å². The zero-order valence-corrected chi connectivity index (χ0v) is 13.8. The number of nitrogens with zero attached hydrogens (tertiary/aromatic N) is 2. The molecule has 1 saturated heterocycles. The van der Waals surface area contributed by atoms with Gasteiger partial charge in [0.25, 0.3) is 5.91 Å². The molecule has 0 radical (unpaired) electrons. The van der Waals surface area contributed by atoms with Gasteiger partial charge >= 0.3 is 0 Å². The highest BCUT2D eigenvalue weighted by Gasteiger charge is 2.24. The minimum absolute atomic E-state index is 0. The van der Waals surface area contributed by atoms with Gasteiger partial charge < -0.3 is 10.6 Å². The van der Waals surface area contributed by atoms with Crippen molar-refractivity contribution in [3.05, 3.63) is 65.5 Å². The number of hydrogen-bond donors (Lipinski definition) is 1. The first kappa shape index (κ1) is 17.4. The Kier molecular flexibility index (Phi) is 6.13. The summed E-state index contributed by atoms with van der Waals surface area (Å²) in [7, 11) is 0. The number of carbonyl (C=O) groups is 1. The number of rotatable bonds is 3.